The molecule has 0 saturated carbocycles. The van der Waals surface area contributed by atoms with Crippen LogP contribution < -0.4 is 9.47 Å². The molecule has 162 valence electrons. The van der Waals surface area contributed by atoms with Crippen LogP contribution in [0.1, 0.15) is 11.1 Å². The second kappa shape index (κ2) is 8.97. The van der Waals surface area contributed by atoms with Gasteiger partial charge in [0.1, 0.15) is 23.0 Å². The zero-order chi connectivity index (χ0) is 22.6. The van der Waals surface area contributed by atoms with Gasteiger partial charge in [-0.05, 0) is 59.7 Å². The Hall–Kier alpha value is -3.44. The van der Waals surface area contributed by atoms with Crippen molar-refractivity contribution in [1.82, 2.24) is 0 Å². The normalized spacial score (nSPS) is 11.8. The van der Waals surface area contributed by atoms with Crippen LogP contribution in [0.25, 0.3) is 0 Å². The zero-order valence-corrected chi connectivity index (χ0v) is 17.5. The Labute approximate surface area is 188 Å². The number of halogens is 4. The smallest absolute Gasteiger partial charge is 0.415 e. The number of hydrogen-bond donors (Lipinski definition) is 0. The number of para-hydroxylation sites is 2. The average molecular weight is 455 g/mol. The fourth-order valence-electron chi connectivity index (χ4n) is 3.25. The lowest BCUT2D eigenvalue weighted by atomic mass is 9.89. The molecule has 4 rings (SSSR count). The Bertz CT molecular complexity index is 1060. The summed E-state index contributed by atoms with van der Waals surface area (Å²) in [6.07, 6.45) is -4.74. The number of rotatable bonds is 6. The van der Waals surface area contributed by atoms with Crippen molar-refractivity contribution in [3.05, 3.63) is 120 Å². The van der Waals surface area contributed by atoms with Gasteiger partial charge in [-0.15, -0.1) is 0 Å². The van der Waals surface area contributed by atoms with Crippen LogP contribution in [0.5, 0.6) is 23.0 Å². The van der Waals surface area contributed by atoms with Crippen molar-refractivity contribution in [3.8, 4) is 23.0 Å². The van der Waals surface area contributed by atoms with Crippen LogP contribution in [0.3, 0.4) is 0 Å². The van der Waals surface area contributed by atoms with Gasteiger partial charge in [-0.2, -0.15) is 13.2 Å². The molecule has 4 aromatic rings. The summed E-state index contributed by atoms with van der Waals surface area (Å²) >= 11 is 6.28. The second-order valence-electron chi connectivity index (χ2n) is 7.04. The van der Waals surface area contributed by atoms with E-state index in [-0.39, 0.29) is 11.1 Å². The zero-order valence-electron chi connectivity index (χ0n) is 16.7. The lowest BCUT2D eigenvalue weighted by Gasteiger charge is -2.31. The molecule has 2 nitrogen and oxygen atoms in total. The van der Waals surface area contributed by atoms with Crippen LogP contribution >= 0.6 is 11.6 Å². The number of hydrogen-bond acceptors (Lipinski definition) is 2. The first-order valence-electron chi connectivity index (χ1n) is 9.79. The van der Waals surface area contributed by atoms with E-state index in [1.807, 2.05) is 36.4 Å². The van der Waals surface area contributed by atoms with Crippen LogP contribution in [0.15, 0.2) is 109 Å². The summed E-state index contributed by atoms with van der Waals surface area (Å²) in [5.74, 6) is 1.99. The highest BCUT2D eigenvalue weighted by Crippen LogP contribution is 2.50. The number of benzene rings is 4. The van der Waals surface area contributed by atoms with Crippen molar-refractivity contribution in [2.45, 2.75) is 11.1 Å². The molecule has 0 spiro atoms. The maximum atomic E-state index is 14.2. The molecular weight excluding hydrogens is 437 g/mol. The molecule has 0 fully saturated rings. The second-order valence-corrected chi connectivity index (χ2v) is 7.60. The SMILES string of the molecule is FC(F)(F)C(Cl)(c1ccc(Oc2ccccc2)cc1)c1ccc(Oc2ccccc2)cc1. The monoisotopic (exact) mass is 454 g/mol. The highest BCUT2D eigenvalue weighted by Gasteiger charge is 2.56. The molecule has 4 aromatic carbocycles. The van der Waals surface area contributed by atoms with Crippen molar-refractivity contribution >= 4 is 11.6 Å². The third-order valence-corrected chi connectivity index (χ3v) is 5.50. The van der Waals surface area contributed by atoms with E-state index in [2.05, 4.69) is 0 Å². The highest BCUT2D eigenvalue weighted by molar-refractivity contribution is 6.26. The number of alkyl halides is 4. The molecule has 32 heavy (non-hydrogen) atoms. The first kappa shape index (κ1) is 21.8. The lowest BCUT2D eigenvalue weighted by molar-refractivity contribution is -0.154. The van der Waals surface area contributed by atoms with Gasteiger partial charge < -0.3 is 9.47 Å². The van der Waals surface area contributed by atoms with E-state index in [0.29, 0.717) is 23.0 Å². The van der Waals surface area contributed by atoms with Crippen LogP contribution in [0, 0.1) is 0 Å². The third-order valence-electron chi connectivity index (χ3n) is 4.85. The Kier molecular flexibility index (Phi) is 6.10. The van der Waals surface area contributed by atoms with Crippen molar-refractivity contribution in [2.24, 2.45) is 0 Å². The Morgan fingerprint density at radius 2 is 0.781 bits per heavy atom. The quantitative estimate of drug-likeness (QED) is 0.273. The molecule has 0 heterocycles. The van der Waals surface area contributed by atoms with Crippen molar-refractivity contribution in [3.63, 3.8) is 0 Å². The van der Waals surface area contributed by atoms with Crippen molar-refractivity contribution in [1.29, 1.82) is 0 Å². The van der Waals surface area contributed by atoms with E-state index in [1.54, 1.807) is 24.3 Å². The maximum absolute atomic E-state index is 14.2. The Morgan fingerprint density at radius 3 is 1.09 bits per heavy atom. The molecule has 6 heteroatoms. The van der Waals surface area contributed by atoms with E-state index >= 15 is 0 Å². The molecule has 0 aliphatic heterocycles. The first-order valence-corrected chi connectivity index (χ1v) is 10.2. The van der Waals surface area contributed by atoms with Gasteiger partial charge in [-0.3, -0.25) is 0 Å². The molecule has 0 amide bonds. The number of ether oxygens (including phenoxy) is 2. The predicted molar refractivity (Wildman–Crippen MR) is 119 cm³/mol. The average Bonchev–Trinajstić information content (AvgIpc) is 2.80. The summed E-state index contributed by atoms with van der Waals surface area (Å²) < 4.78 is 53.9. The van der Waals surface area contributed by atoms with Crippen LogP contribution in [0.4, 0.5) is 13.2 Å². The molecule has 0 saturated heterocycles. The van der Waals surface area contributed by atoms with Gasteiger partial charge >= 0.3 is 6.18 Å². The van der Waals surface area contributed by atoms with Gasteiger partial charge in [0.05, 0.1) is 0 Å². The topological polar surface area (TPSA) is 18.5 Å². The molecular formula is C26H18ClF3O2. The van der Waals surface area contributed by atoms with Gasteiger partial charge in [-0.25, -0.2) is 0 Å². The third kappa shape index (κ3) is 4.58. The summed E-state index contributed by atoms with van der Waals surface area (Å²) in [5.41, 5.74) is -0.215. The van der Waals surface area contributed by atoms with E-state index in [1.165, 1.54) is 48.5 Å². The van der Waals surface area contributed by atoms with Gasteiger partial charge in [0.25, 0.3) is 0 Å². The molecule has 0 atom stereocenters. The molecule has 0 N–H and O–H groups in total. The minimum Gasteiger partial charge on any atom is -0.457 e. The molecule has 0 aliphatic rings. The van der Waals surface area contributed by atoms with Gasteiger partial charge in [0.2, 0.25) is 0 Å². The van der Waals surface area contributed by atoms with Gasteiger partial charge in [-0.1, -0.05) is 72.3 Å². The fourth-order valence-corrected chi connectivity index (χ4v) is 3.50. The first-order chi connectivity index (χ1) is 15.4. The molecule has 0 aromatic heterocycles. The summed E-state index contributed by atoms with van der Waals surface area (Å²) in [7, 11) is 0. The standard InChI is InChI=1S/C26H18ClF3O2/c27-25(26(28,29)30,19-11-15-23(16-12-19)31-21-7-3-1-4-8-21)20-13-17-24(18-14-20)32-22-9-5-2-6-10-22/h1-18H. The fraction of sp³-hybridized carbons (Fsp3) is 0.0769. The van der Waals surface area contributed by atoms with E-state index in [0.717, 1.165) is 0 Å². The van der Waals surface area contributed by atoms with Gasteiger partial charge in [0, 0.05) is 0 Å². The minimum absolute atomic E-state index is 0.108. The Balaban J connectivity index is 1.61. The molecule has 0 bridgehead atoms. The van der Waals surface area contributed by atoms with Gasteiger partial charge in [0.15, 0.2) is 4.87 Å². The van der Waals surface area contributed by atoms with Crippen molar-refractivity contribution < 1.29 is 22.6 Å². The highest BCUT2D eigenvalue weighted by atomic mass is 35.5. The molecule has 0 radical (unpaired) electrons. The van der Waals surface area contributed by atoms with Crippen molar-refractivity contribution in [2.75, 3.05) is 0 Å². The van der Waals surface area contributed by atoms with Crippen LogP contribution in [-0.4, -0.2) is 6.18 Å². The Morgan fingerprint density at radius 1 is 0.469 bits per heavy atom. The largest absolute Gasteiger partial charge is 0.457 e. The molecule has 0 unspecified atom stereocenters. The minimum atomic E-state index is -4.74. The summed E-state index contributed by atoms with van der Waals surface area (Å²) in [5, 5.41) is 0. The summed E-state index contributed by atoms with van der Waals surface area (Å²) in [4.78, 5) is -2.72. The lowest BCUT2D eigenvalue weighted by Crippen LogP contribution is -2.38. The van der Waals surface area contributed by atoms with E-state index < -0.39 is 11.1 Å². The van der Waals surface area contributed by atoms with E-state index in [9.17, 15) is 13.2 Å². The van der Waals surface area contributed by atoms with Crippen LogP contribution in [-0.2, 0) is 4.87 Å². The predicted octanol–water partition coefficient (Wildman–Crippen LogP) is 8.32. The summed E-state index contributed by atoms with van der Waals surface area (Å²) in [6, 6.07) is 29.1. The van der Waals surface area contributed by atoms with Crippen LogP contribution in [0.2, 0.25) is 0 Å². The maximum Gasteiger partial charge on any atom is 0.415 e. The molecule has 0 aliphatic carbocycles. The summed E-state index contributed by atoms with van der Waals surface area (Å²) in [6.45, 7) is 0. The van der Waals surface area contributed by atoms with E-state index in [4.69, 9.17) is 21.1 Å².